The molecule has 0 bridgehead atoms. The predicted molar refractivity (Wildman–Crippen MR) is 126 cm³/mol. The highest BCUT2D eigenvalue weighted by Crippen LogP contribution is 2.26. The van der Waals surface area contributed by atoms with Crippen molar-refractivity contribution in [3.8, 4) is 11.5 Å². The molecule has 174 valence electrons. The Morgan fingerprint density at radius 3 is 2.47 bits per heavy atom. The van der Waals surface area contributed by atoms with E-state index in [0.29, 0.717) is 35.7 Å². The molecule has 2 aromatic heterocycles. The molecule has 1 aliphatic rings. The van der Waals surface area contributed by atoms with Gasteiger partial charge in [0.25, 0.3) is 5.91 Å². The number of para-hydroxylation sites is 2. The number of likely N-dealkylation sites (N-methyl/N-ethyl adjacent to an activating group) is 1. The molecule has 1 aliphatic heterocycles. The number of fused-ring (bicyclic) bond motifs is 1. The zero-order valence-corrected chi connectivity index (χ0v) is 18.6. The number of piperazine rings is 1. The summed E-state index contributed by atoms with van der Waals surface area (Å²) in [6.45, 7) is 3.12. The van der Waals surface area contributed by atoms with Gasteiger partial charge in [-0.2, -0.15) is 0 Å². The molecule has 11 nitrogen and oxygen atoms in total. The quantitative estimate of drug-likeness (QED) is 0.459. The van der Waals surface area contributed by atoms with E-state index >= 15 is 0 Å². The van der Waals surface area contributed by atoms with Crippen molar-refractivity contribution in [2.45, 2.75) is 6.54 Å². The van der Waals surface area contributed by atoms with Crippen LogP contribution in [0.1, 0.15) is 10.4 Å². The van der Waals surface area contributed by atoms with Crippen molar-refractivity contribution in [1.29, 1.82) is 0 Å². The molecule has 3 heterocycles. The van der Waals surface area contributed by atoms with E-state index in [9.17, 15) is 9.59 Å². The third kappa shape index (κ3) is 4.20. The number of carbonyl (C=O) groups is 2. The molecular weight excluding hydrogens is 436 g/mol. The first-order valence-electron chi connectivity index (χ1n) is 10.9. The first kappa shape index (κ1) is 21.6. The number of carbonyl (C=O) groups excluding carboxylic acids is 2. The van der Waals surface area contributed by atoms with E-state index in [1.54, 1.807) is 28.8 Å². The zero-order chi connectivity index (χ0) is 23.7. The van der Waals surface area contributed by atoms with Crippen molar-refractivity contribution < 1.29 is 14.2 Å². The standard InChI is InChI=1S/C23H24N8O3/c1-29-10-12-30(13-11-29)23(33)15-6-8-16(9-7-15)25-19(32)14-31-18-5-3-2-4-17(18)26-22(31)20-21(24)28-34-27-20/h2-9H,10-14H2,1H3,(H2,24,28)(H,25,32). The van der Waals surface area contributed by atoms with Gasteiger partial charge in [-0.15, -0.1) is 0 Å². The molecule has 11 heteroatoms. The second-order valence-corrected chi connectivity index (χ2v) is 8.23. The number of rotatable bonds is 5. The van der Waals surface area contributed by atoms with Crippen molar-refractivity contribution in [2.75, 3.05) is 44.3 Å². The first-order valence-corrected chi connectivity index (χ1v) is 10.9. The molecule has 1 saturated heterocycles. The summed E-state index contributed by atoms with van der Waals surface area (Å²) in [5.74, 6) is 0.220. The number of nitrogens with zero attached hydrogens (tertiary/aromatic N) is 6. The van der Waals surface area contributed by atoms with Gasteiger partial charge in [-0.3, -0.25) is 9.59 Å². The third-order valence-corrected chi connectivity index (χ3v) is 5.89. The maximum Gasteiger partial charge on any atom is 0.253 e. The first-order chi connectivity index (χ1) is 16.5. The summed E-state index contributed by atoms with van der Waals surface area (Å²) in [7, 11) is 2.05. The van der Waals surface area contributed by atoms with Gasteiger partial charge in [-0.25, -0.2) is 9.61 Å². The molecular formula is C23H24N8O3. The van der Waals surface area contributed by atoms with Crippen LogP contribution in [0.3, 0.4) is 0 Å². The number of aromatic nitrogens is 4. The largest absolute Gasteiger partial charge is 0.379 e. The lowest BCUT2D eigenvalue weighted by atomic mass is 10.1. The van der Waals surface area contributed by atoms with Crippen LogP contribution < -0.4 is 11.1 Å². The lowest BCUT2D eigenvalue weighted by Crippen LogP contribution is -2.47. The number of nitrogen functional groups attached to an aromatic ring is 1. The predicted octanol–water partition coefficient (Wildman–Crippen LogP) is 1.69. The Hall–Kier alpha value is -4.25. The van der Waals surface area contributed by atoms with Gasteiger partial charge >= 0.3 is 0 Å². The van der Waals surface area contributed by atoms with Crippen LogP contribution in [0, 0.1) is 0 Å². The summed E-state index contributed by atoms with van der Waals surface area (Å²) >= 11 is 0. The number of amides is 2. The van der Waals surface area contributed by atoms with Gasteiger partial charge in [0.15, 0.2) is 17.3 Å². The smallest absolute Gasteiger partial charge is 0.253 e. The average molecular weight is 460 g/mol. The number of benzene rings is 2. The van der Waals surface area contributed by atoms with E-state index in [2.05, 4.69) is 25.5 Å². The minimum atomic E-state index is -0.266. The molecule has 0 unspecified atom stereocenters. The molecule has 34 heavy (non-hydrogen) atoms. The minimum absolute atomic E-state index is 0.000635. The van der Waals surface area contributed by atoms with Crippen LogP contribution in [0.15, 0.2) is 53.2 Å². The van der Waals surface area contributed by atoms with E-state index < -0.39 is 0 Å². The third-order valence-electron chi connectivity index (χ3n) is 5.89. The summed E-state index contributed by atoms with van der Waals surface area (Å²) in [6, 6.07) is 14.4. The Labute approximate surface area is 195 Å². The topological polar surface area (TPSA) is 135 Å². The Balaban J connectivity index is 1.31. The maximum atomic E-state index is 12.9. The van der Waals surface area contributed by atoms with Crippen LogP contribution in [0.4, 0.5) is 11.5 Å². The molecule has 3 N–H and O–H groups in total. The highest BCUT2D eigenvalue weighted by atomic mass is 16.6. The average Bonchev–Trinajstić information content (AvgIpc) is 3.43. The molecule has 0 atom stereocenters. The van der Waals surface area contributed by atoms with Gasteiger partial charge in [0, 0.05) is 37.4 Å². The molecule has 0 radical (unpaired) electrons. The van der Waals surface area contributed by atoms with E-state index in [1.165, 1.54) is 0 Å². The summed E-state index contributed by atoms with van der Waals surface area (Å²) in [4.78, 5) is 34.2. The normalized spacial score (nSPS) is 14.4. The van der Waals surface area contributed by atoms with Crippen LogP contribution in [0.25, 0.3) is 22.6 Å². The van der Waals surface area contributed by atoms with Gasteiger partial charge in [0.2, 0.25) is 5.91 Å². The van der Waals surface area contributed by atoms with Crippen LogP contribution in [-0.2, 0) is 11.3 Å². The van der Waals surface area contributed by atoms with Crippen molar-refractivity contribution in [3.05, 3.63) is 54.1 Å². The maximum absolute atomic E-state index is 12.9. The lowest BCUT2D eigenvalue weighted by Gasteiger charge is -2.32. The van der Waals surface area contributed by atoms with Gasteiger partial charge in [0.1, 0.15) is 6.54 Å². The molecule has 2 amide bonds. The SMILES string of the molecule is CN1CCN(C(=O)c2ccc(NC(=O)Cn3c(-c4nonc4N)nc4ccccc43)cc2)CC1. The Kier molecular flexibility index (Phi) is 5.68. The zero-order valence-electron chi connectivity index (χ0n) is 18.6. The van der Waals surface area contributed by atoms with E-state index in [1.807, 2.05) is 36.2 Å². The van der Waals surface area contributed by atoms with Gasteiger partial charge in [-0.1, -0.05) is 12.1 Å². The fraction of sp³-hybridized carbons (Fsp3) is 0.261. The Morgan fingerprint density at radius 1 is 1.03 bits per heavy atom. The van der Waals surface area contributed by atoms with Crippen LogP contribution in [0.5, 0.6) is 0 Å². The number of hydrogen-bond donors (Lipinski definition) is 2. The Morgan fingerprint density at radius 2 is 1.76 bits per heavy atom. The fourth-order valence-corrected chi connectivity index (χ4v) is 4.00. The molecule has 0 spiro atoms. The highest BCUT2D eigenvalue weighted by molar-refractivity contribution is 5.96. The summed E-state index contributed by atoms with van der Waals surface area (Å²) in [5, 5.41) is 10.3. The van der Waals surface area contributed by atoms with E-state index in [0.717, 1.165) is 18.6 Å². The highest BCUT2D eigenvalue weighted by Gasteiger charge is 2.22. The number of nitrogens with two attached hydrogens (primary N) is 1. The van der Waals surface area contributed by atoms with Crippen LogP contribution >= 0.6 is 0 Å². The van der Waals surface area contributed by atoms with Gasteiger partial charge in [-0.05, 0) is 53.8 Å². The molecule has 4 aromatic rings. The fourth-order valence-electron chi connectivity index (χ4n) is 4.00. The molecule has 5 rings (SSSR count). The second-order valence-electron chi connectivity index (χ2n) is 8.23. The van der Waals surface area contributed by atoms with Crippen molar-refractivity contribution in [1.82, 2.24) is 29.7 Å². The molecule has 0 saturated carbocycles. The Bertz CT molecular complexity index is 1340. The minimum Gasteiger partial charge on any atom is -0.379 e. The second kappa shape index (κ2) is 8.94. The number of hydrogen-bond acceptors (Lipinski definition) is 8. The van der Waals surface area contributed by atoms with Gasteiger partial charge in [0.05, 0.1) is 11.0 Å². The van der Waals surface area contributed by atoms with Crippen molar-refractivity contribution >= 4 is 34.4 Å². The molecule has 1 fully saturated rings. The monoisotopic (exact) mass is 460 g/mol. The van der Waals surface area contributed by atoms with Crippen molar-refractivity contribution in [2.24, 2.45) is 0 Å². The van der Waals surface area contributed by atoms with Crippen LogP contribution in [-0.4, -0.2) is 74.7 Å². The summed E-state index contributed by atoms with van der Waals surface area (Å²) in [6.07, 6.45) is 0. The van der Waals surface area contributed by atoms with Gasteiger partial charge < -0.3 is 25.4 Å². The number of imidazole rings is 1. The van der Waals surface area contributed by atoms with Crippen molar-refractivity contribution in [3.63, 3.8) is 0 Å². The van der Waals surface area contributed by atoms with E-state index in [-0.39, 0.29) is 29.9 Å². The molecule has 0 aliphatic carbocycles. The number of anilines is 2. The summed E-state index contributed by atoms with van der Waals surface area (Å²) < 4.78 is 6.43. The lowest BCUT2D eigenvalue weighted by molar-refractivity contribution is -0.116. The number of nitrogens with one attached hydrogen (secondary N) is 1. The van der Waals surface area contributed by atoms with E-state index in [4.69, 9.17) is 10.4 Å². The summed E-state index contributed by atoms with van der Waals surface area (Å²) in [5.41, 5.74) is 8.77. The molecule has 2 aromatic carbocycles. The van der Waals surface area contributed by atoms with Crippen LogP contribution in [0.2, 0.25) is 0 Å².